The smallest absolute Gasteiger partial charge is 0.303 e. The minimum atomic E-state index is -4.32. The zero-order valence-electron chi connectivity index (χ0n) is 29.4. The van der Waals surface area contributed by atoms with Crippen molar-refractivity contribution in [2.45, 2.75) is 70.1 Å². The lowest BCUT2D eigenvalue weighted by molar-refractivity contribution is -0.441. The van der Waals surface area contributed by atoms with Gasteiger partial charge in [0.25, 0.3) is 25.9 Å². The summed E-state index contributed by atoms with van der Waals surface area (Å²) in [6.07, 6.45) is 13.4. The van der Waals surface area contributed by atoms with Crippen LogP contribution in [0, 0.1) is 23.3 Å². The van der Waals surface area contributed by atoms with Gasteiger partial charge in [0, 0.05) is 41.9 Å². The summed E-state index contributed by atoms with van der Waals surface area (Å²) in [5, 5.41) is 9.50. The van der Waals surface area contributed by atoms with E-state index in [0.717, 1.165) is 11.3 Å². The van der Waals surface area contributed by atoms with Gasteiger partial charge in [0.2, 0.25) is 11.6 Å². The molecule has 2 aromatic rings. The Morgan fingerprint density at radius 1 is 0.852 bits per heavy atom. The van der Waals surface area contributed by atoms with Crippen molar-refractivity contribution < 1.29 is 58.0 Å². The van der Waals surface area contributed by atoms with E-state index >= 15 is 8.78 Å². The Labute approximate surface area is 317 Å². The molecule has 1 atom stereocenters. The van der Waals surface area contributed by atoms with Crippen LogP contribution in [-0.2, 0) is 30.4 Å². The number of halogens is 5. The van der Waals surface area contributed by atoms with E-state index in [9.17, 15) is 35.0 Å². The summed E-state index contributed by atoms with van der Waals surface area (Å²) in [6, 6.07) is 5.35. The molecule has 0 amide bonds. The van der Waals surface area contributed by atoms with Crippen LogP contribution in [0.2, 0.25) is 5.02 Å². The van der Waals surface area contributed by atoms with Crippen molar-refractivity contribution >= 4 is 61.0 Å². The summed E-state index contributed by atoms with van der Waals surface area (Å²) in [5.41, 5.74) is 0.218. The van der Waals surface area contributed by atoms with Gasteiger partial charge in [-0.2, -0.15) is 25.8 Å². The average molecular weight is 818 g/mol. The first-order valence-corrected chi connectivity index (χ1v) is 20.9. The van der Waals surface area contributed by atoms with Crippen LogP contribution in [0.1, 0.15) is 75.8 Å². The molecule has 0 aliphatic carbocycles. The van der Waals surface area contributed by atoms with Crippen molar-refractivity contribution in [2.24, 2.45) is 0 Å². The quantitative estimate of drug-likeness (QED) is 0.0243. The van der Waals surface area contributed by atoms with Gasteiger partial charge >= 0.3 is 5.97 Å². The molecule has 0 saturated heterocycles. The number of carboxylic acid groups (broad SMARTS) is 1. The molecule has 17 heteroatoms. The molecule has 2 aromatic carbocycles. The van der Waals surface area contributed by atoms with E-state index in [1.54, 1.807) is 42.5 Å². The second kappa shape index (κ2) is 18.2. The lowest BCUT2D eigenvalue weighted by atomic mass is 9.75. The van der Waals surface area contributed by atoms with Gasteiger partial charge in [0.1, 0.15) is 6.54 Å². The molecule has 0 radical (unpaired) electrons. The first-order valence-electron chi connectivity index (χ1n) is 17.3. The number of hydrogen-bond acceptors (Lipinski definition) is 6. The maximum absolute atomic E-state index is 15.7. The Balaban J connectivity index is 1.71. The minimum absolute atomic E-state index is 0.00139. The Hall–Kier alpha value is -3.83. The van der Waals surface area contributed by atoms with Crippen molar-refractivity contribution in [3.8, 4) is 0 Å². The fourth-order valence-corrected chi connectivity index (χ4v) is 8.08. The molecule has 0 spiro atoms. The number of fused-ring (bicyclic) bond motifs is 2. The molecule has 294 valence electrons. The first kappa shape index (κ1) is 42.9. The van der Waals surface area contributed by atoms with Gasteiger partial charge in [0.15, 0.2) is 17.3 Å². The molecule has 0 saturated carbocycles. The molecule has 0 bridgehead atoms. The molecule has 10 nitrogen and oxygen atoms in total. The van der Waals surface area contributed by atoms with Crippen LogP contribution in [0.3, 0.4) is 0 Å². The van der Waals surface area contributed by atoms with E-state index in [4.69, 9.17) is 21.3 Å². The van der Waals surface area contributed by atoms with Crippen LogP contribution < -0.4 is 4.90 Å². The summed E-state index contributed by atoms with van der Waals surface area (Å²) < 4.78 is 126. The van der Waals surface area contributed by atoms with Crippen molar-refractivity contribution in [1.82, 2.24) is 0 Å². The van der Waals surface area contributed by atoms with E-state index in [1.807, 2.05) is 23.1 Å². The van der Waals surface area contributed by atoms with Crippen LogP contribution in [0.4, 0.5) is 28.9 Å². The first-order chi connectivity index (χ1) is 25.3. The van der Waals surface area contributed by atoms with E-state index in [0.29, 0.717) is 42.9 Å². The summed E-state index contributed by atoms with van der Waals surface area (Å²) in [5.74, 6) is -9.14. The second-order valence-corrected chi connectivity index (χ2v) is 16.9. The van der Waals surface area contributed by atoms with Crippen molar-refractivity contribution in [2.75, 3.05) is 29.5 Å². The summed E-state index contributed by atoms with van der Waals surface area (Å²) in [7, 11) is -8.45. The van der Waals surface area contributed by atoms with E-state index in [1.165, 1.54) is 11.5 Å². The van der Waals surface area contributed by atoms with Crippen LogP contribution in [0.15, 0.2) is 60.4 Å². The normalized spacial score (nSPS) is 18.1. The molecule has 54 heavy (non-hydrogen) atoms. The SMILES string of the molecule is CC1(CCCCS(=O)(=O)O)C(/C=C/C=C/C=C2\C=Cc3ccc(Cl)cc3N2CCCCS(=O)(=O)O)=[N+](CCCCCC(=O)O)c2c(F)c(F)c(F)c(F)c21. The van der Waals surface area contributed by atoms with Crippen molar-refractivity contribution in [3.05, 3.63) is 99.8 Å². The number of unbranched alkanes of at least 4 members (excludes halogenated alkanes) is 4. The lowest BCUT2D eigenvalue weighted by Crippen LogP contribution is -2.32. The zero-order chi connectivity index (χ0) is 39.8. The maximum atomic E-state index is 15.7. The Kier molecular flexibility index (Phi) is 14.5. The molecular formula is C37H42ClF4N2O8S2+. The third-order valence-corrected chi connectivity index (χ3v) is 11.2. The third kappa shape index (κ3) is 10.9. The number of benzene rings is 2. The molecule has 0 fully saturated rings. The van der Waals surface area contributed by atoms with E-state index < -0.39 is 77.6 Å². The maximum Gasteiger partial charge on any atom is 0.303 e. The van der Waals surface area contributed by atoms with Gasteiger partial charge in [-0.05, 0) is 75.3 Å². The summed E-state index contributed by atoms with van der Waals surface area (Å²) in [4.78, 5) is 12.9. The third-order valence-electron chi connectivity index (χ3n) is 9.33. The van der Waals surface area contributed by atoms with Crippen LogP contribution in [0.25, 0.3) is 6.08 Å². The van der Waals surface area contributed by atoms with Crippen molar-refractivity contribution in [1.29, 1.82) is 0 Å². The van der Waals surface area contributed by atoms with E-state index in [-0.39, 0.29) is 44.4 Å². The number of carboxylic acids is 1. The highest BCUT2D eigenvalue weighted by Crippen LogP contribution is 2.48. The number of allylic oxidation sites excluding steroid dienone is 6. The van der Waals surface area contributed by atoms with Gasteiger partial charge in [0.05, 0.1) is 22.5 Å². The minimum Gasteiger partial charge on any atom is -0.481 e. The van der Waals surface area contributed by atoms with Gasteiger partial charge in [-0.1, -0.05) is 48.4 Å². The van der Waals surface area contributed by atoms with Gasteiger partial charge in [-0.15, -0.1) is 0 Å². The predicted octanol–water partition coefficient (Wildman–Crippen LogP) is 8.15. The summed E-state index contributed by atoms with van der Waals surface area (Å²) >= 11 is 6.28. The van der Waals surface area contributed by atoms with Crippen LogP contribution >= 0.6 is 11.6 Å². The standard InChI is InChI=1S/C37H41ClF4N2O8S2/c1-37(19-7-10-22-53(47,48)49)29(44(21-8-3-6-14-30(45)46)36-31(37)32(39)33(40)34(41)35(36)42)13-5-2-4-12-27-18-16-25-15-17-26(38)24-28(25)43(27)20-9-11-23-54(50,51)52/h2,4-5,12-13,15-18,24H,3,6-11,14,19-23H2,1H3,(H2-,45,46,47,48,49,50,51,52)/p+1. The van der Waals surface area contributed by atoms with Crippen LogP contribution in [-0.4, -0.2) is 71.9 Å². The average Bonchev–Trinajstić information content (AvgIpc) is 3.33. The molecule has 3 N–H and O–H groups in total. The number of carbonyl (C=O) groups is 1. The van der Waals surface area contributed by atoms with Gasteiger partial charge < -0.3 is 10.0 Å². The van der Waals surface area contributed by atoms with Gasteiger partial charge in [-0.25, -0.2) is 13.2 Å². The fourth-order valence-electron chi connectivity index (χ4n) is 6.78. The Morgan fingerprint density at radius 3 is 2.19 bits per heavy atom. The highest BCUT2D eigenvalue weighted by Gasteiger charge is 2.53. The molecule has 2 aliphatic heterocycles. The lowest BCUT2D eigenvalue weighted by Gasteiger charge is -2.30. The zero-order valence-corrected chi connectivity index (χ0v) is 31.8. The summed E-state index contributed by atoms with van der Waals surface area (Å²) in [6.45, 7) is 1.91. The second-order valence-electron chi connectivity index (χ2n) is 13.3. The molecule has 4 rings (SSSR count). The monoisotopic (exact) mass is 817 g/mol. The topological polar surface area (TPSA) is 152 Å². The van der Waals surface area contributed by atoms with Gasteiger partial charge in [-0.3, -0.25) is 13.9 Å². The Bertz CT molecular complexity index is 2140. The van der Waals surface area contributed by atoms with Crippen LogP contribution in [0.5, 0.6) is 0 Å². The number of nitrogens with zero attached hydrogens (tertiary/aromatic N) is 2. The molecule has 1 unspecified atom stereocenters. The van der Waals surface area contributed by atoms with Crippen molar-refractivity contribution in [3.63, 3.8) is 0 Å². The Morgan fingerprint density at radius 2 is 1.52 bits per heavy atom. The number of anilines is 1. The number of aliphatic carboxylic acids is 1. The predicted molar refractivity (Wildman–Crippen MR) is 200 cm³/mol. The molecule has 2 aliphatic rings. The molecule has 0 aromatic heterocycles. The molecule has 2 heterocycles. The highest BCUT2D eigenvalue weighted by molar-refractivity contribution is 7.86. The number of hydrogen-bond donors (Lipinski definition) is 3. The molecular weight excluding hydrogens is 776 g/mol. The number of rotatable bonds is 19. The highest BCUT2D eigenvalue weighted by atomic mass is 35.5. The largest absolute Gasteiger partial charge is 0.481 e. The van der Waals surface area contributed by atoms with E-state index in [2.05, 4.69) is 0 Å². The fraction of sp³-hybridized carbons (Fsp3) is 0.405.